The zero-order chi connectivity index (χ0) is 31.3. The molecule has 0 aliphatic carbocycles. The van der Waals surface area contributed by atoms with Gasteiger partial charge in [-0.3, -0.25) is 14.7 Å². The number of nitrogens with zero attached hydrogens (tertiary/aromatic N) is 4. The number of hydrogen-bond acceptors (Lipinski definition) is 8. The summed E-state index contributed by atoms with van der Waals surface area (Å²) in [6.07, 6.45) is 6.98. The molecule has 2 aromatic heterocycles. The molecule has 3 aromatic carbocycles. The zero-order valence-corrected chi connectivity index (χ0v) is 25.5. The molecule has 45 heavy (non-hydrogen) atoms. The van der Waals surface area contributed by atoms with Crippen molar-refractivity contribution in [2.75, 3.05) is 6.54 Å². The normalized spacial score (nSPS) is 15.1. The number of fused-ring (bicyclic) bond motifs is 1. The number of nitriles is 1. The van der Waals surface area contributed by atoms with Crippen LogP contribution in [0, 0.1) is 18.3 Å². The highest BCUT2D eigenvalue weighted by atomic mass is 35.5. The number of rotatable bonds is 10. The van der Waals surface area contributed by atoms with E-state index in [1.807, 2.05) is 35.2 Å². The summed E-state index contributed by atoms with van der Waals surface area (Å²) in [6, 6.07) is 18.8. The van der Waals surface area contributed by atoms with E-state index in [0.717, 1.165) is 57.3 Å². The van der Waals surface area contributed by atoms with Gasteiger partial charge in [0.25, 0.3) is 0 Å². The van der Waals surface area contributed by atoms with Crippen molar-refractivity contribution in [2.24, 2.45) is 0 Å². The molecule has 1 fully saturated rings. The first-order valence-corrected chi connectivity index (χ1v) is 15.1. The van der Waals surface area contributed by atoms with Crippen LogP contribution in [-0.2, 0) is 24.6 Å². The minimum atomic E-state index is -0.832. The molecule has 1 atom stereocenters. The van der Waals surface area contributed by atoms with Crippen LogP contribution in [0.4, 0.5) is 0 Å². The zero-order valence-electron chi connectivity index (χ0n) is 24.7. The highest BCUT2D eigenvalue weighted by Crippen LogP contribution is 2.36. The Hall–Kier alpha value is -4.91. The Labute approximate surface area is 265 Å². The van der Waals surface area contributed by atoms with Crippen LogP contribution in [0.3, 0.4) is 0 Å². The van der Waals surface area contributed by atoms with Crippen LogP contribution in [-0.4, -0.2) is 38.5 Å². The average Bonchev–Trinajstić information content (AvgIpc) is 3.53. The molecule has 1 aliphatic rings. The summed E-state index contributed by atoms with van der Waals surface area (Å²) in [5.74, 6) is 0.139. The molecule has 10 heteroatoms. The topological polar surface area (TPSA) is 122 Å². The van der Waals surface area contributed by atoms with E-state index in [9.17, 15) is 15.2 Å². The van der Waals surface area contributed by atoms with Crippen LogP contribution in [0.1, 0.15) is 47.1 Å². The second-order valence-electron chi connectivity index (χ2n) is 11.1. The standard InChI is InChI=1S/C35H31ClN4O5/c1-22-26(5-4-6-28(22)25-8-9-32-30(13-25)39-21-45-32)20-44-34-14-33(43-19-24-11-23(15-37)16-38-17-24)27(12-29(34)36)18-40-10-3-2-7-31(40)35(41)42/h4-6,8-9,11-14,16-17,21,31H,2-3,7,10,18-20H2,1H3,(H,41,42)/t31-/m0/s1. The molecule has 0 amide bonds. The molecular weight excluding hydrogens is 592 g/mol. The third-order valence-electron chi connectivity index (χ3n) is 8.18. The molecule has 0 saturated carbocycles. The maximum atomic E-state index is 12.0. The van der Waals surface area contributed by atoms with Crippen molar-refractivity contribution in [3.63, 3.8) is 0 Å². The number of halogens is 1. The number of piperidine rings is 1. The van der Waals surface area contributed by atoms with Gasteiger partial charge in [0.15, 0.2) is 12.0 Å². The Morgan fingerprint density at radius 1 is 1.09 bits per heavy atom. The monoisotopic (exact) mass is 622 g/mol. The fourth-order valence-corrected chi connectivity index (χ4v) is 5.99. The van der Waals surface area contributed by atoms with Gasteiger partial charge >= 0.3 is 5.97 Å². The summed E-state index contributed by atoms with van der Waals surface area (Å²) in [6.45, 7) is 3.52. The summed E-state index contributed by atoms with van der Waals surface area (Å²) in [7, 11) is 0. The molecule has 0 radical (unpaired) electrons. The smallest absolute Gasteiger partial charge is 0.320 e. The van der Waals surface area contributed by atoms with Gasteiger partial charge in [-0.2, -0.15) is 5.26 Å². The molecule has 5 aromatic rings. The molecular formula is C35H31ClN4O5. The van der Waals surface area contributed by atoms with Crippen LogP contribution in [0.15, 0.2) is 77.8 Å². The number of aromatic nitrogens is 2. The van der Waals surface area contributed by atoms with E-state index in [2.05, 4.69) is 29.0 Å². The summed E-state index contributed by atoms with van der Waals surface area (Å²) < 4.78 is 17.9. The van der Waals surface area contributed by atoms with E-state index < -0.39 is 12.0 Å². The van der Waals surface area contributed by atoms with Gasteiger partial charge in [0.05, 0.1) is 10.6 Å². The minimum Gasteiger partial charge on any atom is -0.488 e. The lowest BCUT2D eigenvalue weighted by Gasteiger charge is -2.33. The second-order valence-corrected chi connectivity index (χ2v) is 11.5. The van der Waals surface area contributed by atoms with Crippen molar-refractivity contribution in [1.29, 1.82) is 5.26 Å². The number of carboxylic acid groups (broad SMARTS) is 1. The SMILES string of the molecule is Cc1c(COc2cc(OCc3cncc(C#N)c3)c(CN3CCCC[C@H]3C(=O)O)cc2Cl)cccc1-c1ccc2ocnc2c1. The van der Waals surface area contributed by atoms with Gasteiger partial charge in [-0.25, -0.2) is 4.98 Å². The molecule has 1 N–H and O–H groups in total. The number of hydrogen-bond donors (Lipinski definition) is 1. The predicted molar refractivity (Wildman–Crippen MR) is 169 cm³/mol. The number of carboxylic acids is 1. The van der Waals surface area contributed by atoms with Gasteiger partial charge in [-0.1, -0.05) is 42.3 Å². The maximum absolute atomic E-state index is 12.0. The highest BCUT2D eigenvalue weighted by Gasteiger charge is 2.29. The number of aliphatic carboxylic acids is 1. The first-order chi connectivity index (χ1) is 21.9. The van der Waals surface area contributed by atoms with Crippen LogP contribution in [0.2, 0.25) is 5.02 Å². The van der Waals surface area contributed by atoms with E-state index in [4.69, 9.17) is 25.5 Å². The van der Waals surface area contributed by atoms with Crippen molar-refractivity contribution >= 4 is 28.7 Å². The second kappa shape index (κ2) is 13.4. The Balaban J connectivity index is 1.26. The summed E-state index contributed by atoms with van der Waals surface area (Å²) in [4.78, 5) is 22.3. The first kappa shape index (κ1) is 30.1. The Kier molecular flexibility index (Phi) is 8.96. The number of benzene rings is 3. The number of oxazole rings is 1. The quantitative estimate of drug-likeness (QED) is 0.171. The van der Waals surface area contributed by atoms with Gasteiger partial charge < -0.3 is 19.0 Å². The molecule has 1 saturated heterocycles. The summed E-state index contributed by atoms with van der Waals surface area (Å²) in [5.41, 5.74) is 7.61. The molecule has 1 aliphatic heterocycles. The van der Waals surface area contributed by atoms with E-state index in [-0.39, 0.29) is 13.2 Å². The average molecular weight is 623 g/mol. The maximum Gasteiger partial charge on any atom is 0.320 e. The van der Waals surface area contributed by atoms with Gasteiger partial charge in [-0.05, 0) is 72.8 Å². The van der Waals surface area contributed by atoms with Crippen molar-refractivity contribution in [1.82, 2.24) is 14.9 Å². The molecule has 228 valence electrons. The lowest BCUT2D eigenvalue weighted by atomic mass is 9.96. The van der Waals surface area contributed by atoms with Crippen molar-refractivity contribution in [3.8, 4) is 28.7 Å². The first-order valence-electron chi connectivity index (χ1n) is 14.7. The van der Waals surface area contributed by atoms with Gasteiger partial charge in [0.1, 0.15) is 42.3 Å². The molecule has 6 rings (SSSR count). The van der Waals surface area contributed by atoms with Crippen molar-refractivity contribution in [3.05, 3.63) is 106 Å². The molecule has 3 heterocycles. The van der Waals surface area contributed by atoms with E-state index >= 15 is 0 Å². The lowest BCUT2D eigenvalue weighted by Crippen LogP contribution is -2.44. The van der Waals surface area contributed by atoms with Gasteiger partial charge in [0.2, 0.25) is 0 Å². The summed E-state index contributed by atoms with van der Waals surface area (Å²) in [5, 5.41) is 19.5. The van der Waals surface area contributed by atoms with E-state index in [1.165, 1.54) is 12.6 Å². The Morgan fingerprint density at radius 3 is 2.80 bits per heavy atom. The molecule has 0 unspecified atom stereocenters. The minimum absolute atomic E-state index is 0.163. The van der Waals surface area contributed by atoms with Crippen LogP contribution in [0.5, 0.6) is 11.5 Å². The van der Waals surface area contributed by atoms with E-state index in [0.29, 0.717) is 41.6 Å². The lowest BCUT2D eigenvalue weighted by molar-refractivity contribution is -0.144. The van der Waals surface area contributed by atoms with Crippen molar-refractivity contribution in [2.45, 2.75) is 52.0 Å². The largest absolute Gasteiger partial charge is 0.488 e. The number of carbonyl (C=O) groups is 1. The predicted octanol–water partition coefficient (Wildman–Crippen LogP) is 7.32. The third-order valence-corrected chi connectivity index (χ3v) is 8.47. The van der Waals surface area contributed by atoms with E-state index in [1.54, 1.807) is 24.4 Å². The van der Waals surface area contributed by atoms with Crippen molar-refractivity contribution < 1.29 is 23.8 Å². The van der Waals surface area contributed by atoms with Gasteiger partial charge in [0, 0.05) is 36.1 Å². The van der Waals surface area contributed by atoms with Gasteiger partial charge in [-0.15, -0.1) is 0 Å². The van der Waals surface area contributed by atoms with Crippen LogP contribution in [0.25, 0.3) is 22.2 Å². The fraction of sp³-hybridized carbons (Fsp3) is 0.257. The Bertz CT molecular complexity index is 1900. The number of pyridine rings is 1. The van der Waals surface area contributed by atoms with Crippen LogP contribution >= 0.6 is 11.6 Å². The highest BCUT2D eigenvalue weighted by molar-refractivity contribution is 6.32. The summed E-state index contributed by atoms with van der Waals surface area (Å²) >= 11 is 6.78. The third kappa shape index (κ3) is 6.78. The molecule has 0 bridgehead atoms. The molecule has 9 nitrogen and oxygen atoms in total. The number of ether oxygens (including phenoxy) is 2. The Morgan fingerprint density at radius 2 is 1.96 bits per heavy atom. The van der Waals surface area contributed by atoms with Crippen LogP contribution < -0.4 is 9.47 Å². The fourth-order valence-electron chi connectivity index (χ4n) is 5.75. The molecule has 0 spiro atoms. The number of likely N-dealkylation sites (tertiary alicyclic amines) is 1.